The maximum atomic E-state index is 5.38. The van der Waals surface area contributed by atoms with Gasteiger partial charge in [-0.25, -0.2) is 0 Å². The molecule has 24 heavy (non-hydrogen) atoms. The fraction of sp³-hybridized carbons (Fsp3) is 0.316. The van der Waals surface area contributed by atoms with E-state index in [1.807, 2.05) is 12.1 Å². The van der Waals surface area contributed by atoms with Crippen LogP contribution in [0.4, 0.5) is 17.1 Å². The second-order valence-corrected chi connectivity index (χ2v) is 6.69. The fourth-order valence-corrected chi connectivity index (χ4v) is 2.99. The standard InChI is InChI=1S/C19H24N4S/c1-15-3-5-16(6-4-15)20-19(24)21-17-7-9-18(10-8-17)23-13-11-22(2)12-14-23/h3-10H,11-14H2,1-2H3,(H2,20,21,24). The minimum absolute atomic E-state index is 0.603. The molecule has 5 heteroatoms. The number of rotatable bonds is 3. The lowest BCUT2D eigenvalue weighted by Crippen LogP contribution is -2.44. The van der Waals surface area contributed by atoms with Gasteiger partial charge in [-0.2, -0.15) is 0 Å². The Kier molecular flexibility index (Phi) is 5.33. The van der Waals surface area contributed by atoms with Crippen LogP contribution in [0.5, 0.6) is 0 Å². The fourth-order valence-electron chi connectivity index (χ4n) is 2.75. The molecule has 2 N–H and O–H groups in total. The third-order valence-electron chi connectivity index (χ3n) is 4.30. The number of hydrogen-bond acceptors (Lipinski definition) is 3. The van der Waals surface area contributed by atoms with Gasteiger partial charge in [0.1, 0.15) is 0 Å². The zero-order chi connectivity index (χ0) is 16.9. The Balaban J connectivity index is 1.55. The van der Waals surface area contributed by atoms with Crippen LogP contribution in [0, 0.1) is 6.92 Å². The number of piperazine rings is 1. The number of likely N-dealkylation sites (N-methyl/N-ethyl adjacent to an activating group) is 1. The van der Waals surface area contributed by atoms with Crippen molar-refractivity contribution in [3.63, 3.8) is 0 Å². The first-order chi connectivity index (χ1) is 11.6. The van der Waals surface area contributed by atoms with Gasteiger partial charge in [0.15, 0.2) is 5.11 Å². The molecule has 0 radical (unpaired) electrons. The zero-order valence-corrected chi connectivity index (χ0v) is 15.1. The molecule has 1 heterocycles. The normalized spacial score (nSPS) is 15.2. The summed E-state index contributed by atoms with van der Waals surface area (Å²) in [5.41, 5.74) is 4.50. The summed E-state index contributed by atoms with van der Waals surface area (Å²) in [6.45, 7) is 6.46. The first-order valence-corrected chi connectivity index (χ1v) is 8.69. The van der Waals surface area contributed by atoms with Gasteiger partial charge in [0.25, 0.3) is 0 Å². The van der Waals surface area contributed by atoms with Gasteiger partial charge >= 0.3 is 0 Å². The smallest absolute Gasteiger partial charge is 0.175 e. The van der Waals surface area contributed by atoms with Gasteiger partial charge in [0.05, 0.1) is 0 Å². The maximum absolute atomic E-state index is 5.38. The molecule has 126 valence electrons. The average molecular weight is 340 g/mol. The molecule has 0 saturated carbocycles. The van der Waals surface area contributed by atoms with Crippen molar-refractivity contribution in [2.75, 3.05) is 48.8 Å². The highest BCUT2D eigenvalue weighted by Crippen LogP contribution is 2.19. The monoisotopic (exact) mass is 340 g/mol. The van der Waals surface area contributed by atoms with Crippen LogP contribution in [-0.4, -0.2) is 43.2 Å². The summed E-state index contributed by atoms with van der Waals surface area (Å²) in [7, 11) is 2.17. The van der Waals surface area contributed by atoms with Crippen LogP contribution in [-0.2, 0) is 0 Å². The van der Waals surface area contributed by atoms with Gasteiger partial charge in [0.2, 0.25) is 0 Å². The predicted molar refractivity (Wildman–Crippen MR) is 107 cm³/mol. The van der Waals surface area contributed by atoms with E-state index in [1.165, 1.54) is 11.3 Å². The molecule has 0 bridgehead atoms. The maximum Gasteiger partial charge on any atom is 0.175 e. The molecule has 1 aliphatic rings. The molecular formula is C19H24N4S. The topological polar surface area (TPSA) is 30.5 Å². The summed E-state index contributed by atoms with van der Waals surface area (Å²) >= 11 is 5.38. The molecular weight excluding hydrogens is 316 g/mol. The van der Waals surface area contributed by atoms with Gasteiger partial charge in [-0.3, -0.25) is 0 Å². The number of nitrogens with one attached hydrogen (secondary N) is 2. The molecule has 0 atom stereocenters. The van der Waals surface area contributed by atoms with E-state index in [4.69, 9.17) is 12.2 Å². The number of aryl methyl sites for hydroxylation is 1. The van der Waals surface area contributed by atoms with Crippen LogP contribution in [0.15, 0.2) is 48.5 Å². The second kappa shape index (κ2) is 7.64. The minimum Gasteiger partial charge on any atom is -0.369 e. The molecule has 0 spiro atoms. The van der Waals surface area contributed by atoms with E-state index in [0.29, 0.717) is 5.11 Å². The largest absolute Gasteiger partial charge is 0.369 e. The van der Waals surface area contributed by atoms with Crippen molar-refractivity contribution in [2.24, 2.45) is 0 Å². The number of benzene rings is 2. The van der Waals surface area contributed by atoms with Gasteiger partial charge in [-0.15, -0.1) is 0 Å². The Morgan fingerprint density at radius 1 is 0.833 bits per heavy atom. The quantitative estimate of drug-likeness (QED) is 0.835. The Morgan fingerprint density at radius 3 is 1.88 bits per heavy atom. The van der Waals surface area contributed by atoms with E-state index in [0.717, 1.165) is 37.6 Å². The molecule has 0 aliphatic carbocycles. The summed E-state index contributed by atoms with van der Waals surface area (Å²) in [5.74, 6) is 0. The summed E-state index contributed by atoms with van der Waals surface area (Å²) in [6.07, 6.45) is 0. The van der Waals surface area contributed by atoms with Crippen LogP contribution in [0.1, 0.15) is 5.56 Å². The van der Waals surface area contributed by atoms with Crippen molar-refractivity contribution < 1.29 is 0 Å². The molecule has 2 aromatic carbocycles. The summed E-state index contributed by atoms with van der Waals surface area (Å²) in [6, 6.07) is 16.7. The molecule has 1 fully saturated rings. The van der Waals surface area contributed by atoms with Crippen LogP contribution < -0.4 is 15.5 Å². The number of nitrogens with zero attached hydrogens (tertiary/aromatic N) is 2. The zero-order valence-electron chi connectivity index (χ0n) is 14.2. The second-order valence-electron chi connectivity index (χ2n) is 6.28. The Labute approximate surface area is 149 Å². The van der Waals surface area contributed by atoms with E-state index in [-0.39, 0.29) is 0 Å². The summed E-state index contributed by atoms with van der Waals surface area (Å²) in [5, 5.41) is 7.04. The Hall–Kier alpha value is -2.11. The number of anilines is 3. The SMILES string of the molecule is Cc1ccc(NC(=S)Nc2ccc(N3CCN(C)CC3)cc2)cc1. The number of thiocarbonyl (C=S) groups is 1. The molecule has 1 saturated heterocycles. The Morgan fingerprint density at radius 2 is 1.33 bits per heavy atom. The van der Waals surface area contributed by atoms with Crippen molar-refractivity contribution in [2.45, 2.75) is 6.92 Å². The van der Waals surface area contributed by atoms with Crippen molar-refractivity contribution in [3.05, 3.63) is 54.1 Å². The predicted octanol–water partition coefficient (Wildman–Crippen LogP) is 3.56. The Bertz CT molecular complexity index is 674. The van der Waals surface area contributed by atoms with Gasteiger partial charge in [0, 0.05) is 43.2 Å². The lowest BCUT2D eigenvalue weighted by atomic mass is 10.2. The average Bonchev–Trinajstić information content (AvgIpc) is 2.58. The van der Waals surface area contributed by atoms with E-state index in [9.17, 15) is 0 Å². The van der Waals surface area contributed by atoms with E-state index in [2.05, 4.69) is 70.8 Å². The summed E-state index contributed by atoms with van der Waals surface area (Å²) < 4.78 is 0. The third kappa shape index (κ3) is 4.46. The highest BCUT2D eigenvalue weighted by Gasteiger charge is 2.13. The lowest BCUT2D eigenvalue weighted by molar-refractivity contribution is 0.313. The molecule has 1 aliphatic heterocycles. The van der Waals surface area contributed by atoms with Crippen molar-refractivity contribution in [3.8, 4) is 0 Å². The van der Waals surface area contributed by atoms with Crippen molar-refractivity contribution >= 4 is 34.4 Å². The van der Waals surface area contributed by atoms with Gasteiger partial charge in [-0.05, 0) is 62.6 Å². The molecule has 2 aromatic rings. The van der Waals surface area contributed by atoms with E-state index >= 15 is 0 Å². The van der Waals surface area contributed by atoms with Crippen LogP contribution in [0.25, 0.3) is 0 Å². The van der Waals surface area contributed by atoms with Gasteiger partial charge < -0.3 is 20.4 Å². The lowest BCUT2D eigenvalue weighted by Gasteiger charge is -2.34. The van der Waals surface area contributed by atoms with Crippen molar-refractivity contribution in [1.29, 1.82) is 0 Å². The molecule has 0 unspecified atom stereocenters. The highest BCUT2D eigenvalue weighted by atomic mass is 32.1. The van der Waals surface area contributed by atoms with Crippen LogP contribution in [0.2, 0.25) is 0 Å². The van der Waals surface area contributed by atoms with E-state index in [1.54, 1.807) is 0 Å². The minimum atomic E-state index is 0.603. The highest BCUT2D eigenvalue weighted by molar-refractivity contribution is 7.80. The van der Waals surface area contributed by atoms with E-state index < -0.39 is 0 Å². The van der Waals surface area contributed by atoms with Crippen molar-refractivity contribution in [1.82, 2.24) is 4.90 Å². The van der Waals surface area contributed by atoms with Gasteiger partial charge in [-0.1, -0.05) is 17.7 Å². The summed E-state index contributed by atoms with van der Waals surface area (Å²) in [4.78, 5) is 4.79. The molecule has 3 rings (SSSR count). The first-order valence-electron chi connectivity index (χ1n) is 8.28. The first kappa shape index (κ1) is 16.7. The third-order valence-corrected chi connectivity index (χ3v) is 4.51. The number of hydrogen-bond donors (Lipinski definition) is 2. The molecule has 0 amide bonds. The molecule has 0 aromatic heterocycles. The van der Waals surface area contributed by atoms with Crippen LogP contribution >= 0.6 is 12.2 Å². The van der Waals surface area contributed by atoms with Crippen LogP contribution in [0.3, 0.4) is 0 Å². The molecule has 4 nitrogen and oxygen atoms in total.